The first kappa shape index (κ1) is 25.8. The number of nitrogens with zero attached hydrogens (tertiary/aromatic N) is 1. The third-order valence-corrected chi connectivity index (χ3v) is 6.44. The second kappa shape index (κ2) is 10.8. The first-order valence-electron chi connectivity index (χ1n) is 12.1. The second-order valence-electron chi connectivity index (χ2n) is 8.92. The van der Waals surface area contributed by atoms with Crippen LogP contribution < -0.4 is 19.1 Å². The van der Waals surface area contributed by atoms with Crippen molar-refractivity contribution in [2.24, 2.45) is 0 Å². The minimum absolute atomic E-state index is 0.0149. The van der Waals surface area contributed by atoms with E-state index in [1.165, 1.54) is 4.90 Å². The minimum Gasteiger partial charge on any atom is -0.507 e. The molecule has 192 valence electrons. The number of anilines is 1. The number of rotatable bonds is 8. The molecule has 1 aliphatic rings. The zero-order valence-corrected chi connectivity index (χ0v) is 21.7. The van der Waals surface area contributed by atoms with Crippen LogP contribution in [0.3, 0.4) is 0 Å². The number of aryl methyl sites for hydroxylation is 2. The number of ether oxygens (including phenoxy) is 3. The van der Waals surface area contributed by atoms with Crippen molar-refractivity contribution in [3.8, 4) is 17.2 Å². The molecule has 1 N–H and O–H groups in total. The van der Waals surface area contributed by atoms with Crippen LogP contribution in [-0.2, 0) is 9.59 Å². The van der Waals surface area contributed by atoms with Crippen molar-refractivity contribution in [2.75, 3.05) is 25.7 Å². The highest BCUT2D eigenvalue weighted by atomic mass is 16.5. The molecule has 1 saturated heterocycles. The van der Waals surface area contributed by atoms with Crippen molar-refractivity contribution < 1.29 is 28.9 Å². The van der Waals surface area contributed by atoms with Crippen LogP contribution in [0, 0.1) is 13.8 Å². The number of methoxy groups -OCH3 is 2. The Hall–Kier alpha value is -4.26. The molecule has 1 heterocycles. The van der Waals surface area contributed by atoms with Gasteiger partial charge in [-0.1, -0.05) is 19.1 Å². The van der Waals surface area contributed by atoms with Crippen molar-refractivity contribution in [1.29, 1.82) is 0 Å². The minimum atomic E-state index is -0.861. The average molecular weight is 502 g/mol. The topological polar surface area (TPSA) is 85.3 Å². The zero-order valence-electron chi connectivity index (χ0n) is 21.7. The average Bonchev–Trinajstić information content (AvgIpc) is 3.18. The third kappa shape index (κ3) is 4.89. The van der Waals surface area contributed by atoms with E-state index in [4.69, 9.17) is 14.2 Å². The van der Waals surface area contributed by atoms with Gasteiger partial charge in [-0.2, -0.15) is 0 Å². The fraction of sp³-hybridized carbons (Fsp3) is 0.267. The maximum Gasteiger partial charge on any atom is 0.300 e. The lowest BCUT2D eigenvalue weighted by Crippen LogP contribution is -2.29. The van der Waals surface area contributed by atoms with E-state index in [0.717, 1.165) is 17.5 Å². The predicted molar refractivity (Wildman–Crippen MR) is 142 cm³/mol. The molecule has 1 atom stereocenters. The van der Waals surface area contributed by atoms with Gasteiger partial charge in [0.2, 0.25) is 0 Å². The van der Waals surface area contributed by atoms with Crippen LogP contribution in [-0.4, -0.2) is 37.6 Å². The number of Topliss-reactive ketones (excluding diaryl/α,β-unsaturated/α-hetero) is 1. The Kier molecular flexibility index (Phi) is 7.53. The molecule has 3 aromatic carbocycles. The molecule has 1 unspecified atom stereocenters. The Morgan fingerprint density at radius 1 is 0.919 bits per heavy atom. The molecule has 0 saturated carbocycles. The smallest absolute Gasteiger partial charge is 0.300 e. The standard InChI is InChI=1S/C30H31NO6/c1-6-14-37-23-9-7-8-20(17-23)27-26(28(32)24-15-19(3)25(36-5)16-18(24)2)29(33)30(34)31(27)21-10-12-22(35-4)13-11-21/h7-13,15-17,27,32H,6,14H2,1-5H3/b28-26+. The van der Waals surface area contributed by atoms with Gasteiger partial charge < -0.3 is 19.3 Å². The Morgan fingerprint density at radius 2 is 1.65 bits per heavy atom. The molecule has 0 bridgehead atoms. The van der Waals surface area contributed by atoms with E-state index in [1.807, 2.05) is 45.0 Å². The lowest BCUT2D eigenvalue weighted by Gasteiger charge is -2.26. The van der Waals surface area contributed by atoms with Gasteiger partial charge in [-0.25, -0.2) is 0 Å². The summed E-state index contributed by atoms with van der Waals surface area (Å²) in [6, 6.07) is 16.9. The molecule has 7 nitrogen and oxygen atoms in total. The summed E-state index contributed by atoms with van der Waals surface area (Å²) in [5.74, 6) is 0.199. The molecule has 3 aromatic rings. The number of aliphatic hydroxyl groups excluding tert-OH is 1. The van der Waals surface area contributed by atoms with Gasteiger partial charge in [-0.05, 0) is 85.5 Å². The lowest BCUT2D eigenvalue weighted by atomic mass is 9.93. The third-order valence-electron chi connectivity index (χ3n) is 6.44. The van der Waals surface area contributed by atoms with E-state index in [9.17, 15) is 14.7 Å². The maximum atomic E-state index is 13.5. The molecule has 1 amide bonds. The first-order valence-corrected chi connectivity index (χ1v) is 12.1. The van der Waals surface area contributed by atoms with Crippen LogP contribution in [0.4, 0.5) is 5.69 Å². The molecular formula is C30H31NO6. The molecule has 7 heteroatoms. The van der Waals surface area contributed by atoms with Gasteiger partial charge in [0.05, 0.1) is 32.4 Å². The zero-order chi connectivity index (χ0) is 26.7. The van der Waals surface area contributed by atoms with Crippen LogP contribution in [0.1, 0.15) is 41.6 Å². The van der Waals surface area contributed by atoms with E-state index in [-0.39, 0.29) is 11.3 Å². The summed E-state index contributed by atoms with van der Waals surface area (Å²) in [6.45, 7) is 6.23. The fourth-order valence-electron chi connectivity index (χ4n) is 4.56. The van der Waals surface area contributed by atoms with Crippen LogP contribution in [0.5, 0.6) is 17.2 Å². The monoisotopic (exact) mass is 501 g/mol. The number of amides is 1. The van der Waals surface area contributed by atoms with E-state index >= 15 is 0 Å². The molecule has 0 radical (unpaired) electrons. The van der Waals surface area contributed by atoms with Gasteiger partial charge in [0, 0.05) is 11.3 Å². The number of aliphatic hydroxyl groups is 1. The summed E-state index contributed by atoms with van der Waals surface area (Å²) in [5.41, 5.74) is 3.15. The predicted octanol–water partition coefficient (Wildman–Crippen LogP) is 5.74. The van der Waals surface area contributed by atoms with Crippen LogP contribution in [0.2, 0.25) is 0 Å². The van der Waals surface area contributed by atoms with Crippen molar-refractivity contribution in [3.05, 3.63) is 88.5 Å². The highest BCUT2D eigenvalue weighted by Crippen LogP contribution is 2.44. The number of carbonyl (C=O) groups excluding carboxylic acids is 2. The van der Waals surface area contributed by atoms with Gasteiger partial charge in [-0.3, -0.25) is 14.5 Å². The summed E-state index contributed by atoms with van der Waals surface area (Å²) >= 11 is 0. The number of carbonyl (C=O) groups is 2. The van der Waals surface area contributed by atoms with Crippen molar-refractivity contribution in [2.45, 2.75) is 33.2 Å². The Balaban J connectivity index is 1.93. The fourth-order valence-corrected chi connectivity index (χ4v) is 4.56. The van der Waals surface area contributed by atoms with Crippen LogP contribution in [0.25, 0.3) is 5.76 Å². The normalized spacial score (nSPS) is 16.7. The number of ketones is 1. The van der Waals surface area contributed by atoms with Crippen molar-refractivity contribution in [3.63, 3.8) is 0 Å². The van der Waals surface area contributed by atoms with Crippen molar-refractivity contribution >= 4 is 23.1 Å². The van der Waals surface area contributed by atoms with Gasteiger partial charge in [0.15, 0.2) is 0 Å². The summed E-state index contributed by atoms with van der Waals surface area (Å²) in [6.07, 6.45) is 0.838. The van der Waals surface area contributed by atoms with Crippen LogP contribution in [0.15, 0.2) is 66.2 Å². The molecule has 1 aliphatic heterocycles. The van der Waals surface area contributed by atoms with Gasteiger partial charge in [0.1, 0.15) is 23.0 Å². The number of hydrogen-bond donors (Lipinski definition) is 1. The number of benzene rings is 3. The Bertz CT molecular complexity index is 1360. The van der Waals surface area contributed by atoms with Crippen LogP contribution >= 0.6 is 0 Å². The highest BCUT2D eigenvalue weighted by molar-refractivity contribution is 6.51. The molecular weight excluding hydrogens is 470 g/mol. The van der Waals surface area contributed by atoms with E-state index in [1.54, 1.807) is 50.6 Å². The second-order valence-corrected chi connectivity index (χ2v) is 8.92. The summed E-state index contributed by atoms with van der Waals surface area (Å²) in [5, 5.41) is 11.6. The molecule has 0 spiro atoms. The highest BCUT2D eigenvalue weighted by Gasteiger charge is 2.47. The summed E-state index contributed by atoms with van der Waals surface area (Å²) in [4.78, 5) is 28.4. The van der Waals surface area contributed by atoms with E-state index in [0.29, 0.717) is 40.7 Å². The van der Waals surface area contributed by atoms with Crippen molar-refractivity contribution in [1.82, 2.24) is 0 Å². The largest absolute Gasteiger partial charge is 0.507 e. The molecule has 0 aromatic heterocycles. The lowest BCUT2D eigenvalue weighted by molar-refractivity contribution is -0.132. The van der Waals surface area contributed by atoms with Gasteiger partial charge in [-0.15, -0.1) is 0 Å². The van der Waals surface area contributed by atoms with Gasteiger partial charge in [0.25, 0.3) is 11.7 Å². The maximum absolute atomic E-state index is 13.5. The number of hydrogen-bond acceptors (Lipinski definition) is 6. The quantitative estimate of drug-likeness (QED) is 0.241. The Labute approximate surface area is 216 Å². The molecule has 4 rings (SSSR count). The SMILES string of the molecule is CCCOc1cccc(C2/C(=C(\O)c3cc(C)c(OC)cc3C)C(=O)C(=O)N2c2ccc(OC)cc2)c1. The molecule has 1 fully saturated rings. The van der Waals surface area contributed by atoms with Gasteiger partial charge >= 0.3 is 0 Å². The molecule has 0 aliphatic carbocycles. The van der Waals surface area contributed by atoms with E-state index in [2.05, 4.69) is 0 Å². The Morgan fingerprint density at radius 3 is 2.30 bits per heavy atom. The summed E-state index contributed by atoms with van der Waals surface area (Å²) < 4.78 is 16.5. The summed E-state index contributed by atoms with van der Waals surface area (Å²) in [7, 11) is 3.14. The first-order chi connectivity index (χ1) is 17.8. The molecule has 37 heavy (non-hydrogen) atoms. The van der Waals surface area contributed by atoms with E-state index < -0.39 is 17.7 Å².